The lowest BCUT2D eigenvalue weighted by atomic mass is 10.0. The van der Waals surface area contributed by atoms with E-state index in [1.54, 1.807) is 11.1 Å². The summed E-state index contributed by atoms with van der Waals surface area (Å²) in [5, 5.41) is 0. The molecule has 0 spiro atoms. The second-order valence-corrected chi connectivity index (χ2v) is 7.91. The molecule has 1 aliphatic heterocycles. The Morgan fingerprint density at radius 2 is 1.50 bits per heavy atom. The second kappa shape index (κ2) is 12.7. The van der Waals surface area contributed by atoms with Gasteiger partial charge >= 0.3 is 11.9 Å². The molecular formula is C25H29FN2O4. The van der Waals surface area contributed by atoms with Crippen molar-refractivity contribution in [2.24, 2.45) is 10.9 Å². The molecule has 0 saturated carbocycles. The van der Waals surface area contributed by atoms with Crippen molar-refractivity contribution in [3.8, 4) is 0 Å². The number of ether oxygens (including phenoxy) is 2. The van der Waals surface area contributed by atoms with Crippen LogP contribution >= 0.6 is 0 Å². The Morgan fingerprint density at radius 3 is 2.12 bits per heavy atom. The van der Waals surface area contributed by atoms with Gasteiger partial charge in [-0.1, -0.05) is 60.7 Å². The number of hydrogen-bond donors (Lipinski definition) is 0. The summed E-state index contributed by atoms with van der Waals surface area (Å²) in [5.41, 5.74) is 1.82. The monoisotopic (exact) mass is 440 g/mol. The lowest BCUT2D eigenvalue weighted by Gasteiger charge is -2.22. The summed E-state index contributed by atoms with van der Waals surface area (Å²) in [6.45, 7) is 1.02. The molecular weight excluding hydrogens is 411 g/mol. The highest BCUT2D eigenvalue weighted by molar-refractivity contribution is 5.74. The molecule has 7 heteroatoms. The molecule has 2 aromatic rings. The molecule has 6 nitrogen and oxygen atoms in total. The summed E-state index contributed by atoms with van der Waals surface area (Å²) in [7, 11) is 0. The molecule has 0 N–H and O–H groups in total. The van der Waals surface area contributed by atoms with Crippen molar-refractivity contribution in [2.45, 2.75) is 32.2 Å². The second-order valence-electron chi connectivity index (χ2n) is 7.91. The Hall–Kier alpha value is -3.06. The number of carbonyl (C=O) groups is 2. The van der Waals surface area contributed by atoms with Gasteiger partial charge in [0.05, 0.1) is 6.54 Å². The number of carbonyl (C=O) groups excluding carboxylic acids is 2. The van der Waals surface area contributed by atoms with Gasteiger partial charge in [-0.2, -0.15) is 0 Å². The van der Waals surface area contributed by atoms with Crippen molar-refractivity contribution in [2.75, 3.05) is 26.2 Å². The van der Waals surface area contributed by atoms with Crippen LogP contribution in [0.4, 0.5) is 4.39 Å². The van der Waals surface area contributed by atoms with E-state index in [4.69, 9.17) is 9.47 Å². The van der Waals surface area contributed by atoms with Crippen molar-refractivity contribution in [3.63, 3.8) is 0 Å². The van der Waals surface area contributed by atoms with Crippen molar-refractivity contribution in [1.29, 1.82) is 0 Å². The van der Waals surface area contributed by atoms with Crippen LogP contribution in [0.5, 0.6) is 0 Å². The number of nitrogens with zero attached hydrogens (tertiary/aromatic N) is 2. The number of aliphatic imine (C=N–C) groups is 1. The fourth-order valence-corrected chi connectivity index (χ4v) is 3.54. The van der Waals surface area contributed by atoms with Crippen LogP contribution < -0.4 is 0 Å². The van der Waals surface area contributed by atoms with Gasteiger partial charge in [-0.3, -0.25) is 19.5 Å². The van der Waals surface area contributed by atoms with Crippen molar-refractivity contribution in [3.05, 3.63) is 71.8 Å². The molecule has 1 fully saturated rings. The van der Waals surface area contributed by atoms with Gasteiger partial charge < -0.3 is 9.47 Å². The van der Waals surface area contributed by atoms with E-state index in [0.29, 0.717) is 19.4 Å². The van der Waals surface area contributed by atoms with Gasteiger partial charge in [0.15, 0.2) is 0 Å². The Balaban J connectivity index is 1.42. The summed E-state index contributed by atoms with van der Waals surface area (Å²) < 4.78 is 24.7. The number of esters is 2. The van der Waals surface area contributed by atoms with Crippen LogP contribution in [-0.4, -0.2) is 55.4 Å². The number of hydrogen-bond acceptors (Lipinski definition) is 6. The normalized spacial score (nSPS) is 19.4. The fraction of sp³-hybridized carbons (Fsp3) is 0.400. The zero-order chi connectivity index (χ0) is 22.6. The average Bonchev–Trinajstić information content (AvgIpc) is 2.98. The number of rotatable bonds is 9. The highest BCUT2D eigenvalue weighted by Crippen LogP contribution is 2.18. The summed E-state index contributed by atoms with van der Waals surface area (Å²) in [5.74, 6) is -0.842. The van der Waals surface area contributed by atoms with Crippen molar-refractivity contribution < 1.29 is 23.5 Å². The Morgan fingerprint density at radius 1 is 0.906 bits per heavy atom. The molecule has 0 aliphatic carbocycles. The first-order chi connectivity index (χ1) is 15.6. The minimum atomic E-state index is -1.01. The predicted molar refractivity (Wildman–Crippen MR) is 120 cm³/mol. The summed E-state index contributed by atoms with van der Waals surface area (Å²) in [6, 6.07) is 18.9. The van der Waals surface area contributed by atoms with Crippen molar-refractivity contribution >= 4 is 18.2 Å². The lowest BCUT2D eigenvalue weighted by molar-refractivity contribution is -0.146. The number of halogens is 1. The molecule has 0 bridgehead atoms. The third-order valence-electron chi connectivity index (χ3n) is 5.17. The highest BCUT2D eigenvalue weighted by atomic mass is 19.1. The molecule has 3 rings (SSSR count). The minimum absolute atomic E-state index is 0.0245. The molecule has 2 atom stereocenters. The largest absolute Gasteiger partial charge is 0.460 e. The van der Waals surface area contributed by atoms with E-state index in [0.717, 1.165) is 11.1 Å². The summed E-state index contributed by atoms with van der Waals surface area (Å²) in [4.78, 5) is 30.1. The zero-order valence-electron chi connectivity index (χ0n) is 18.1. The van der Waals surface area contributed by atoms with E-state index >= 15 is 0 Å². The number of likely N-dealkylation sites (tertiary alicyclic amines) is 1. The van der Waals surface area contributed by atoms with Crippen LogP contribution in [0.3, 0.4) is 0 Å². The fourth-order valence-electron chi connectivity index (χ4n) is 3.54. The van der Waals surface area contributed by atoms with Crippen LogP contribution in [0.25, 0.3) is 0 Å². The number of alkyl halides is 1. The van der Waals surface area contributed by atoms with Gasteiger partial charge in [-0.25, -0.2) is 4.39 Å². The molecule has 0 amide bonds. The van der Waals surface area contributed by atoms with Crippen molar-refractivity contribution in [1.82, 2.24) is 4.90 Å². The van der Waals surface area contributed by atoms with Gasteiger partial charge in [-0.05, 0) is 24.0 Å². The first-order valence-electron chi connectivity index (χ1n) is 10.8. The van der Waals surface area contributed by atoms with E-state index in [1.165, 1.54) is 0 Å². The molecule has 32 heavy (non-hydrogen) atoms. The van der Waals surface area contributed by atoms with Crippen LogP contribution in [0.15, 0.2) is 65.7 Å². The molecule has 0 aromatic heterocycles. The van der Waals surface area contributed by atoms with E-state index in [2.05, 4.69) is 4.99 Å². The summed E-state index contributed by atoms with van der Waals surface area (Å²) >= 11 is 0. The minimum Gasteiger partial charge on any atom is -0.460 e. The van der Waals surface area contributed by atoms with E-state index < -0.39 is 12.1 Å². The maximum atomic E-state index is 14.2. The Kier molecular flexibility index (Phi) is 9.37. The maximum Gasteiger partial charge on any atom is 0.328 e. The third-order valence-corrected chi connectivity index (χ3v) is 5.17. The van der Waals surface area contributed by atoms with Crippen LogP contribution in [-0.2, 0) is 32.3 Å². The quantitative estimate of drug-likeness (QED) is 0.440. The van der Waals surface area contributed by atoms with Gasteiger partial charge in [-0.15, -0.1) is 0 Å². The molecule has 1 unspecified atom stereocenters. The first kappa shape index (κ1) is 23.6. The molecule has 170 valence electrons. The summed E-state index contributed by atoms with van der Waals surface area (Å²) in [6.07, 6.45) is 1.68. The van der Waals surface area contributed by atoms with Gasteiger partial charge in [0.2, 0.25) is 0 Å². The smallest absolute Gasteiger partial charge is 0.328 e. The Bertz CT molecular complexity index is 876. The molecule has 1 aliphatic rings. The van der Waals surface area contributed by atoms with Crippen LogP contribution in [0, 0.1) is 5.92 Å². The lowest BCUT2D eigenvalue weighted by Crippen LogP contribution is -2.37. The number of benzene rings is 2. The maximum absolute atomic E-state index is 14.2. The SMILES string of the molecule is O=C(CN=C[C@H]1CCC(F)CN(CC(=O)OCc2ccccc2)C1)OCc1ccccc1. The zero-order valence-corrected chi connectivity index (χ0v) is 18.1. The van der Waals surface area contributed by atoms with Gasteiger partial charge in [0.25, 0.3) is 0 Å². The van der Waals surface area contributed by atoms with Gasteiger partial charge in [0, 0.05) is 25.2 Å². The first-order valence-corrected chi connectivity index (χ1v) is 10.8. The molecule has 0 radical (unpaired) electrons. The predicted octanol–water partition coefficient (Wildman–Crippen LogP) is 3.59. The van der Waals surface area contributed by atoms with Crippen LogP contribution in [0.1, 0.15) is 24.0 Å². The van der Waals surface area contributed by atoms with E-state index in [9.17, 15) is 14.0 Å². The standard InChI is InChI=1S/C25H29FN2O4/c26-23-12-11-22(13-27-14-24(29)31-18-20-7-3-1-4-8-20)15-28(16-23)17-25(30)32-19-21-9-5-2-6-10-21/h1-10,13,22-23H,11-12,14-19H2/t22-,23?/m1/s1. The van der Waals surface area contributed by atoms with Crippen LogP contribution in [0.2, 0.25) is 0 Å². The molecule has 2 aromatic carbocycles. The topological polar surface area (TPSA) is 68.2 Å². The van der Waals surface area contributed by atoms with E-state index in [1.807, 2.05) is 60.7 Å². The third kappa shape index (κ3) is 8.59. The highest BCUT2D eigenvalue weighted by Gasteiger charge is 2.25. The molecule has 1 saturated heterocycles. The average molecular weight is 441 g/mol. The molecule has 1 heterocycles. The van der Waals surface area contributed by atoms with Gasteiger partial charge in [0.1, 0.15) is 25.9 Å². The van der Waals surface area contributed by atoms with E-state index in [-0.39, 0.29) is 44.7 Å². The Labute approximate surface area is 188 Å².